The van der Waals surface area contributed by atoms with E-state index in [9.17, 15) is 26.3 Å². The molecule has 21 heavy (non-hydrogen) atoms. The van der Waals surface area contributed by atoms with Gasteiger partial charge in [-0.15, -0.1) is 0 Å². The quantitative estimate of drug-likeness (QED) is 0.439. The lowest BCUT2D eigenvalue weighted by Gasteiger charge is -2.19. The summed E-state index contributed by atoms with van der Waals surface area (Å²) in [6.07, 6.45) is -4.00. The van der Waals surface area contributed by atoms with Crippen LogP contribution in [0.3, 0.4) is 0 Å². The first-order valence-electron chi connectivity index (χ1n) is 5.90. The van der Waals surface area contributed by atoms with Crippen LogP contribution in [0.1, 0.15) is 5.56 Å². The van der Waals surface area contributed by atoms with Crippen LogP contribution in [0, 0.1) is 11.6 Å². The van der Waals surface area contributed by atoms with Gasteiger partial charge in [0.05, 0.1) is 6.61 Å². The van der Waals surface area contributed by atoms with Crippen molar-refractivity contribution in [3.8, 4) is 0 Å². The van der Waals surface area contributed by atoms with E-state index in [1.807, 2.05) is 0 Å². The van der Waals surface area contributed by atoms with E-state index < -0.39 is 43.2 Å². The molecule has 0 bridgehead atoms. The lowest BCUT2D eigenvalue weighted by Crippen LogP contribution is -2.42. The second-order valence-corrected chi connectivity index (χ2v) is 4.38. The molecule has 0 amide bonds. The Morgan fingerprint density at radius 2 is 1.90 bits per heavy atom. The summed E-state index contributed by atoms with van der Waals surface area (Å²) in [4.78, 5) is 0. The Kier molecular flexibility index (Phi) is 6.43. The number of halogens is 6. The number of alkyl halides is 4. The van der Waals surface area contributed by atoms with Crippen LogP contribution in [0.2, 0.25) is 0 Å². The third-order valence-electron chi connectivity index (χ3n) is 2.64. The summed E-state index contributed by atoms with van der Waals surface area (Å²) in [7, 11) is 0. The molecule has 0 fully saturated rings. The fourth-order valence-corrected chi connectivity index (χ4v) is 1.53. The smallest absolute Gasteiger partial charge is 0.330 e. The summed E-state index contributed by atoms with van der Waals surface area (Å²) in [5.41, 5.74) is 2.13. The highest BCUT2D eigenvalue weighted by molar-refractivity contribution is 5.19. The molecule has 0 aliphatic rings. The monoisotopic (exact) mass is 316 g/mol. The fraction of sp³-hybridized carbons (Fsp3) is 0.500. The van der Waals surface area contributed by atoms with Crippen LogP contribution in [-0.4, -0.2) is 31.6 Å². The normalized spacial score (nSPS) is 13.7. The minimum atomic E-state index is -4.27. The largest absolute Gasteiger partial charge is 0.373 e. The van der Waals surface area contributed by atoms with Gasteiger partial charge in [-0.2, -0.15) is 8.78 Å². The number of hydrazine groups is 1. The van der Waals surface area contributed by atoms with Crippen LogP contribution in [0.15, 0.2) is 18.2 Å². The highest BCUT2D eigenvalue weighted by Gasteiger charge is 2.41. The summed E-state index contributed by atoms with van der Waals surface area (Å²) < 4.78 is 79.8. The maximum absolute atomic E-state index is 13.4. The number of rotatable bonds is 8. The Bertz CT molecular complexity index is 457. The summed E-state index contributed by atoms with van der Waals surface area (Å²) >= 11 is 0. The molecule has 1 unspecified atom stereocenters. The number of hydrogen-bond acceptors (Lipinski definition) is 3. The molecule has 0 aliphatic carbocycles. The van der Waals surface area contributed by atoms with Crippen molar-refractivity contribution in [3.05, 3.63) is 35.4 Å². The van der Waals surface area contributed by atoms with E-state index in [1.54, 1.807) is 0 Å². The van der Waals surface area contributed by atoms with Gasteiger partial charge in [0.25, 0.3) is 0 Å². The molecule has 1 aromatic rings. The van der Waals surface area contributed by atoms with E-state index in [0.717, 1.165) is 18.2 Å². The Morgan fingerprint density at radius 3 is 2.48 bits per heavy atom. The van der Waals surface area contributed by atoms with Gasteiger partial charge < -0.3 is 4.74 Å². The molecule has 9 heteroatoms. The molecule has 0 heterocycles. The Morgan fingerprint density at radius 1 is 1.24 bits per heavy atom. The first kappa shape index (κ1) is 17.7. The SMILES string of the molecule is NNC(COCC(F)(F)C(F)F)Cc1cc(F)ccc1F. The molecular weight excluding hydrogens is 302 g/mol. The predicted octanol–water partition coefficient (Wildman–Crippen LogP) is 2.26. The average Bonchev–Trinajstić information content (AvgIpc) is 2.41. The molecule has 1 rings (SSSR count). The second-order valence-electron chi connectivity index (χ2n) is 4.38. The summed E-state index contributed by atoms with van der Waals surface area (Å²) in [5, 5.41) is 0. The number of hydrogen-bond donors (Lipinski definition) is 2. The van der Waals surface area contributed by atoms with Crippen molar-refractivity contribution in [3.63, 3.8) is 0 Å². The third-order valence-corrected chi connectivity index (χ3v) is 2.64. The predicted molar refractivity (Wildman–Crippen MR) is 62.9 cm³/mol. The first-order valence-corrected chi connectivity index (χ1v) is 5.90. The van der Waals surface area contributed by atoms with Gasteiger partial charge in [-0.25, -0.2) is 17.6 Å². The molecule has 0 saturated heterocycles. The van der Waals surface area contributed by atoms with E-state index in [1.165, 1.54) is 0 Å². The number of benzene rings is 1. The minimum Gasteiger partial charge on any atom is -0.373 e. The van der Waals surface area contributed by atoms with Gasteiger partial charge in [0.2, 0.25) is 0 Å². The molecule has 1 atom stereocenters. The minimum absolute atomic E-state index is 0.0397. The van der Waals surface area contributed by atoms with E-state index >= 15 is 0 Å². The standard InChI is InChI=1S/C12H14F6N2O/c13-8-1-2-10(14)7(3-8)4-9(20-19)5-21-6-12(17,18)11(15)16/h1-3,9,11,20H,4-6,19H2. The van der Waals surface area contributed by atoms with Crippen molar-refractivity contribution in [1.82, 2.24) is 5.43 Å². The van der Waals surface area contributed by atoms with Gasteiger partial charge in [0.1, 0.15) is 18.2 Å². The van der Waals surface area contributed by atoms with Crippen molar-refractivity contribution in [2.75, 3.05) is 13.2 Å². The molecule has 3 nitrogen and oxygen atoms in total. The van der Waals surface area contributed by atoms with E-state index in [4.69, 9.17) is 5.84 Å². The van der Waals surface area contributed by atoms with Crippen LogP contribution in [0.25, 0.3) is 0 Å². The van der Waals surface area contributed by atoms with Crippen LogP contribution in [-0.2, 0) is 11.2 Å². The molecule has 0 saturated carbocycles. The fourth-order valence-electron chi connectivity index (χ4n) is 1.53. The second kappa shape index (κ2) is 7.62. The van der Waals surface area contributed by atoms with Gasteiger partial charge in [-0.1, -0.05) is 0 Å². The van der Waals surface area contributed by atoms with Crippen molar-refractivity contribution in [2.24, 2.45) is 5.84 Å². The van der Waals surface area contributed by atoms with E-state index in [2.05, 4.69) is 10.2 Å². The Balaban J connectivity index is 2.54. The van der Waals surface area contributed by atoms with Crippen LogP contribution < -0.4 is 11.3 Å². The van der Waals surface area contributed by atoms with E-state index in [0.29, 0.717) is 0 Å². The molecular formula is C12H14F6N2O. The maximum atomic E-state index is 13.4. The highest BCUT2D eigenvalue weighted by atomic mass is 19.3. The lowest BCUT2D eigenvalue weighted by atomic mass is 10.1. The highest BCUT2D eigenvalue weighted by Crippen LogP contribution is 2.23. The zero-order valence-electron chi connectivity index (χ0n) is 10.8. The molecule has 120 valence electrons. The summed E-state index contributed by atoms with van der Waals surface area (Å²) in [6, 6.07) is 1.91. The number of ether oxygens (including phenoxy) is 1. The first-order chi connectivity index (χ1) is 9.76. The van der Waals surface area contributed by atoms with Gasteiger partial charge in [-0.05, 0) is 30.2 Å². The number of nitrogens with one attached hydrogen (secondary N) is 1. The van der Waals surface area contributed by atoms with Gasteiger partial charge in [-0.3, -0.25) is 11.3 Å². The molecule has 3 N–H and O–H groups in total. The van der Waals surface area contributed by atoms with Gasteiger partial charge in [0, 0.05) is 6.04 Å². The molecule has 1 aromatic carbocycles. The van der Waals surface area contributed by atoms with Crippen molar-refractivity contribution >= 4 is 0 Å². The van der Waals surface area contributed by atoms with Crippen LogP contribution in [0.5, 0.6) is 0 Å². The van der Waals surface area contributed by atoms with Crippen molar-refractivity contribution in [1.29, 1.82) is 0 Å². The molecule has 0 spiro atoms. The van der Waals surface area contributed by atoms with Crippen molar-refractivity contribution < 1.29 is 31.1 Å². The topological polar surface area (TPSA) is 47.3 Å². The average molecular weight is 316 g/mol. The van der Waals surface area contributed by atoms with Crippen molar-refractivity contribution in [2.45, 2.75) is 24.8 Å². The Labute approximate surface area is 117 Å². The summed E-state index contributed by atoms with van der Waals surface area (Å²) in [6.45, 7) is -1.96. The molecule has 0 aliphatic heterocycles. The Hall–Kier alpha value is -1.32. The maximum Gasteiger partial charge on any atom is 0.330 e. The van der Waals surface area contributed by atoms with E-state index in [-0.39, 0.29) is 12.0 Å². The number of nitrogens with two attached hydrogens (primary N) is 1. The zero-order valence-corrected chi connectivity index (χ0v) is 10.8. The van der Waals surface area contributed by atoms with Crippen LogP contribution in [0.4, 0.5) is 26.3 Å². The third kappa shape index (κ3) is 5.52. The van der Waals surface area contributed by atoms with Crippen LogP contribution >= 0.6 is 0 Å². The van der Waals surface area contributed by atoms with Gasteiger partial charge in [0.15, 0.2) is 0 Å². The summed E-state index contributed by atoms with van der Waals surface area (Å²) in [5.74, 6) is -0.511. The lowest BCUT2D eigenvalue weighted by molar-refractivity contribution is -0.167. The molecule has 0 radical (unpaired) electrons. The molecule has 0 aromatic heterocycles. The van der Waals surface area contributed by atoms with Gasteiger partial charge >= 0.3 is 12.3 Å². The zero-order chi connectivity index (χ0) is 16.0.